The molecular weight excluding hydrogens is 248 g/mol. The molecule has 1 amide bonds. The third-order valence-corrected chi connectivity index (χ3v) is 2.53. The fourth-order valence-corrected chi connectivity index (χ4v) is 1.65. The molecule has 9 heteroatoms. The molecule has 9 nitrogen and oxygen atoms in total. The number of carbonyl (C=O) groups excluding carboxylic acids is 1. The fourth-order valence-electron chi connectivity index (χ4n) is 1.65. The van der Waals surface area contributed by atoms with Gasteiger partial charge in [0.1, 0.15) is 5.82 Å². The molecule has 0 aromatic carbocycles. The summed E-state index contributed by atoms with van der Waals surface area (Å²) in [4.78, 5) is 15.4. The number of anilines is 2. The van der Waals surface area contributed by atoms with E-state index in [1.807, 2.05) is 12.1 Å². The summed E-state index contributed by atoms with van der Waals surface area (Å²) in [6, 6.07) is 5.45. The van der Waals surface area contributed by atoms with Crippen LogP contribution in [0.2, 0.25) is 0 Å². The summed E-state index contributed by atoms with van der Waals surface area (Å²) in [6.07, 6.45) is 0.994. The molecule has 0 saturated carbocycles. The quantitative estimate of drug-likeness (QED) is 0.709. The molecule has 2 aromatic rings. The van der Waals surface area contributed by atoms with Crippen LogP contribution < -0.4 is 10.7 Å². The zero-order valence-electron chi connectivity index (χ0n) is 9.79. The Bertz CT molecular complexity index is 620. The van der Waals surface area contributed by atoms with Crippen molar-refractivity contribution in [3.8, 4) is 0 Å². The largest absolute Gasteiger partial charge is 0.306 e. The molecule has 1 aliphatic rings. The average Bonchev–Trinajstić information content (AvgIpc) is 2.93. The van der Waals surface area contributed by atoms with Crippen LogP contribution in [-0.2, 0) is 4.79 Å². The van der Waals surface area contributed by atoms with Gasteiger partial charge in [0, 0.05) is 12.8 Å². The van der Waals surface area contributed by atoms with Gasteiger partial charge < -0.3 is 5.32 Å². The molecule has 96 valence electrons. The molecule has 0 radical (unpaired) electrons. The highest BCUT2D eigenvalue weighted by Crippen LogP contribution is 2.13. The number of hydrazone groups is 1. The van der Waals surface area contributed by atoms with E-state index in [-0.39, 0.29) is 5.91 Å². The topological polar surface area (TPSA) is 121 Å². The minimum absolute atomic E-state index is 0.0789. The van der Waals surface area contributed by atoms with E-state index in [1.165, 1.54) is 0 Å². The molecule has 19 heavy (non-hydrogen) atoms. The van der Waals surface area contributed by atoms with Crippen LogP contribution in [0.4, 0.5) is 11.8 Å². The normalized spacial score (nSPS) is 14.7. The van der Waals surface area contributed by atoms with Gasteiger partial charge in [0.25, 0.3) is 5.95 Å². The highest BCUT2D eigenvalue weighted by molar-refractivity contribution is 6.03. The smallest absolute Gasteiger partial charge is 0.268 e. The lowest BCUT2D eigenvalue weighted by Crippen LogP contribution is -2.26. The molecule has 0 fully saturated rings. The molecule has 2 aromatic heterocycles. The summed E-state index contributed by atoms with van der Waals surface area (Å²) in [5, 5.41) is 20.2. The van der Waals surface area contributed by atoms with Crippen LogP contribution in [0.15, 0.2) is 23.3 Å². The lowest BCUT2D eigenvalue weighted by molar-refractivity contribution is -0.121. The van der Waals surface area contributed by atoms with Gasteiger partial charge in [-0.3, -0.25) is 4.79 Å². The first-order chi connectivity index (χ1) is 9.31. The van der Waals surface area contributed by atoms with Gasteiger partial charge in [0.05, 0.1) is 11.4 Å². The van der Waals surface area contributed by atoms with Gasteiger partial charge in [-0.15, -0.1) is 5.10 Å². The molecule has 0 saturated heterocycles. The van der Waals surface area contributed by atoms with Crippen LogP contribution in [-0.4, -0.2) is 37.2 Å². The van der Waals surface area contributed by atoms with Crippen molar-refractivity contribution in [2.75, 3.05) is 5.32 Å². The zero-order chi connectivity index (χ0) is 13.1. The maximum atomic E-state index is 11.0. The summed E-state index contributed by atoms with van der Waals surface area (Å²) in [5.74, 6) is 0.840. The minimum Gasteiger partial charge on any atom is -0.306 e. The highest BCUT2D eigenvalue weighted by Gasteiger charge is 2.14. The van der Waals surface area contributed by atoms with Crippen molar-refractivity contribution < 1.29 is 4.79 Å². The number of pyridine rings is 1. The lowest BCUT2D eigenvalue weighted by Gasteiger charge is -2.11. The molecule has 0 spiro atoms. The monoisotopic (exact) mass is 258 g/mol. The second kappa shape index (κ2) is 4.80. The maximum Gasteiger partial charge on any atom is 0.268 e. The molecule has 0 aliphatic carbocycles. The highest BCUT2D eigenvalue weighted by atomic mass is 16.2. The summed E-state index contributed by atoms with van der Waals surface area (Å²) in [6.45, 7) is 0. The standard InChI is InChI=1S/C10H10N8O/c19-9-5-4-7(13-14-9)6-2-1-3-8(11-6)12-10-15-17-18-16-10/h1-3H,4-5H2,(H,14,19)(H2,11,12,15,16,17,18). The number of rotatable bonds is 3. The van der Waals surface area contributed by atoms with Crippen molar-refractivity contribution in [2.45, 2.75) is 12.8 Å². The minimum atomic E-state index is -0.0789. The zero-order valence-corrected chi connectivity index (χ0v) is 9.79. The number of aromatic amines is 1. The molecule has 0 atom stereocenters. The third kappa shape index (κ3) is 2.54. The van der Waals surface area contributed by atoms with E-state index in [2.05, 4.69) is 41.5 Å². The molecular formula is C10H10N8O. The molecule has 3 heterocycles. The van der Waals surface area contributed by atoms with E-state index in [0.717, 1.165) is 5.71 Å². The van der Waals surface area contributed by atoms with E-state index >= 15 is 0 Å². The van der Waals surface area contributed by atoms with Crippen LogP contribution in [0.3, 0.4) is 0 Å². The molecule has 1 aliphatic heterocycles. The Morgan fingerprint density at radius 2 is 2.21 bits per heavy atom. The van der Waals surface area contributed by atoms with Crippen LogP contribution >= 0.6 is 0 Å². The third-order valence-electron chi connectivity index (χ3n) is 2.53. The predicted octanol–water partition coefficient (Wildman–Crippen LogP) is -0.0476. The number of carbonyl (C=O) groups is 1. The van der Waals surface area contributed by atoms with Crippen molar-refractivity contribution in [1.82, 2.24) is 31.0 Å². The average molecular weight is 258 g/mol. The fraction of sp³-hybridized carbons (Fsp3) is 0.200. The number of nitrogens with one attached hydrogen (secondary N) is 3. The molecule has 3 N–H and O–H groups in total. The number of nitrogens with zero attached hydrogens (tertiary/aromatic N) is 5. The lowest BCUT2D eigenvalue weighted by atomic mass is 10.1. The Morgan fingerprint density at radius 3 is 2.95 bits per heavy atom. The Labute approximate surface area is 107 Å². The summed E-state index contributed by atoms with van der Waals surface area (Å²) in [5.41, 5.74) is 3.89. The number of H-pyrrole nitrogens is 1. The van der Waals surface area contributed by atoms with Crippen molar-refractivity contribution in [2.24, 2.45) is 5.10 Å². The second-order valence-corrected chi connectivity index (χ2v) is 3.86. The van der Waals surface area contributed by atoms with Crippen molar-refractivity contribution >= 4 is 23.4 Å². The number of amides is 1. The maximum absolute atomic E-state index is 11.0. The van der Waals surface area contributed by atoms with Crippen LogP contribution in [0.25, 0.3) is 0 Å². The van der Waals surface area contributed by atoms with Crippen LogP contribution in [0.5, 0.6) is 0 Å². The van der Waals surface area contributed by atoms with Gasteiger partial charge in [-0.05, 0) is 17.3 Å². The Balaban J connectivity index is 1.82. The van der Waals surface area contributed by atoms with Crippen LogP contribution in [0.1, 0.15) is 18.5 Å². The van der Waals surface area contributed by atoms with Crippen molar-refractivity contribution in [3.63, 3.8) is 0 Å². The number of hydrogen-bond acceptors (Lipinski definition) is 7. The Hall–Kier alpha value is -2.84. The van der Waals surface area contributed by atoms with E-state index in [9.17, 15) is 4.79 Å². The molecule has 0 bridgehead atoms. The van der Waals surface area contributed by atoms with Crippen molar-refractivity contribution in [1.29, 1.82) is 0 Å². The van der Waals surface area contributed by atoms with Crippen LogP contribution in [0, 0.1) is 0 Å². The van der Waals surface area contributed by atoms with Crippen molar-refractivity contribution in [3.05, 3.63) is 23.9 Å². The first-order valence-corrected chi connectivity index (χ1v) is 5.64. The number of aromatic nitrogens is 5. The first-order valence-electron chi connectivity index (χ1n) is 5.64. The van der Waals surface area contributed by atoms with Gasteiger partial charge in [0.2, 0.25) is 5.91 Å². The SMILES string of the molecule is O=C1CCC(c2cccc(Nc3nn[nH]n3)n2)=NN1. The predicted molar refractivity (Wildman–Crippen MR) is 65.6 cm³/mol. The Morgan fingerprint density at radius 1 is 1.26 bits per heavy atom. The van der Waals surface area contributed by atoms with Gasteiger partial charge >= 0.3 is 0 Å². The Kier molecular flexibility index (Phi) is 2.85. The van der Waals surface area contributed by atoms with E-state index < -0.39 is 0 Å². The van der Waals surface area contributed by atoms with Gasteiger partial charge in [-0.1, -0.05) is 11.2 Å². The summed E-state index contributed by atoms with van der Waals surface area (Å²) >= 11 is 0. The van der Waals surface area contributed by atoms with Gasteiger partial charge in [0.15, 0.2) is 0 Å². The van der Waals surface area contributed by atoms with E-state index in [0.29, 0.717) is 30.3 Å². The number of hydrogen-bond donors (Lipinski definition) is 3. The second-order valence-electron chi connectivity index (χ2n) is 3.86. The number of tetrazole rings is 1. The van der Waals surface area contributed by atoms with E-state index in [1.54, 1.807) is 6.07 Å². The molecule has 3 rings (SSSR count). The summed E-state index contributed by atoms with van der Waals surface area (Å²) < 4.78 is 0. The van der Waals surface area contributed by atoms with Gasteiger partial charge in [-0.2, -0.15) is 10.3 Å². The first kappa shape index (κ1) is 11.3. The molecule has 0 unspecified atom stereocenters. The summed E-state index contributed by atoms with van der Waals surface area (Å²) in [7, 11) is 0. The van der Waals surface area contributed by atoms with Gasteiger partial charge in [-0.25, -0.2) is 10.4 Å². The van der Waals surface area contributed by atoms with E-state index in [4.69, 9.17) is 0 Å².